The number of hydrogen-bond donors (Lipinski definition) is 3. The highest BCUT2D eigenvalue weighted by atomic mass is 32.2. The van der Waals surface area contributed by atoms with Crippen LogP contribution < -0.4 is 15.4 Å². The van der Waals surface area contributed by atoms with Crippen LogP contribution in [0.2, 0.25) is 0 Å². The number of hydrogen-bond acceptors (Lipinski definition) is 5. The number of amides is 2. The van der Waals surface area contributed by atoms with Gasteiger partial charge in [-0.15, -0.1) is 11.3 Å². The summed E-state index contributed by atoms with van der Waals surface area (Å²) >= 11 is 1.25. The molecular weight excluding hydrogens is 422 g/mol. The van der Waals surface area contributed by atoms with Crippen LogP contribution in [-0.2, 0) is 21.2 Å². The zero-order valence-electron chi connectivity index (χ0n) is 16.9. The molecule has 9 heteroatoms. The molecule has 0 bridgehead atoms. The minimum atomic E-state index is -3.56. The molecule has 162 valence electrons. The van der Waals surface area contributed by atoms with E-state index in [1.54, 1.807) is 36.4 Å². The topological polar surface area (TPSA) is 104 Å². The van der Waals surface area contributed by atoms with Gasteiger partial charge >= 0.3 is 0 Å². The molecule has 30 heavy (non-hydrogen) atoms. The lowest BCUT2D eigenvalue weighted by Crippen LogP contribution is -2.34. The molecule has 1 fully saturated rings. The van der Waals surface area contributed by atoms with Crippen LogP contribution in [0.4, 0.5) is 5.69 Å². The van der Waals surface area contributed by atoms with Gasteiger partial charge in [0, 0.05) is 35.1 Å². The standard InChI is InChI=1S/C21H27N3O4S2/c1-2-18-11-12-19(29-18)30(27,28)23-14-13-22-20(25)16-7-9-17(10-8-16)24-21(26)15-5-3-4-6-15/h7-12,15,23H,2-6,13-14H2,1H3,(H,22,25)(H,24,26). The van der Waals surface area contributed by atoms with Gasteiger partial charge in [-0.1, -0.05) is 19.8 Å². The van der Waals surface area contributed by atoms with E-state index in [4.69, 9.17) is 0 Å². The molecule has 1 heterocycles. The van der Waals surface area contributed by atoms with Crippen molar-refractivity contribution in [3.63, 3.8) is 0 Å². The average Bonchev–Trinajstić information content (AvgIpc) is 3.44. The Morgan fingerprint density at radius 2 is 1.73 bits per heavy atom. The van der Waals surface area contributed by atoms with Crippen molar-refractivity contribution >= 4 is 38.9 Å². The van der Waals surface area contributed by atoms with Gasteiger partial charge in [0.25, 0.3) is 5.91 Å². The van der Waals surface area contributed by atoms with Gasteiger partial charge in [0.2, 0.25) is 15.9 Å². The van der Waals surface area contributed by atoms with E-state index in [9.17, 15) is 18.0 Å². The maximum Gasteiger partial charge on any atom is 0.251 e. The number of benzene rings is 1. The SMILES string of the molecule is CCc1ccc(S(=O)(=O)NCCNC(=O)c2ccc(NC(=O)C3CCCC3)cc2)s1. The van der Waals surface area contributed by atoms with Crippen molar-refractivity contribution in [2.45, 2.75) is 43.2 Å². The van der Waals surface area contributed by atoms with E-state index >= 15 is 0 Å². The number of rotatable bonds is 9. The summed E-state index contributed by atoms with van der Waals surface area (Å²) in [6.45, 7) is 2.24. The zero-order chi connectivity index (χ0) is 21.6. The van der Waals surface area contributed by atoms with Crippen LogP contribution in [0.5, 0.6) is 0 Å². The van der Waals surface area contributed by atoms with Crippen LogP contribution in [0.1, 0.15) is 47.8 Å². The molecule has 0 unspecified atom stereocenters. The second kappa shape index (κ2) is 10.2. The lowest BCUT2D eigenvalue weighted by atomic mass is 10.1. The largest absolute Gasteiger partial charge is 0.351 e. The molecule has 1 aliphatic rings. The molecule has 0 atom stereocenters. The summed E-state index contributed by atoms with van der Waals surface area (Å²) in [5.74, 6) is -0.180. The van der Waals surface area contributed by atoms with Crippen molar-refractivity contribution in [3.8, 4) is 0 Å². The van der Waals surface area contributed by atoms with E-state index in [-0.39, 0.29) is 35.0 Å². The molecule has 1 aromatic carbocycles. The molecule has 0 radical (unpaired) electrons. The first kappa shape index (κ1) is 22.5. The van der Waals surface area contributed by atoms with Crippen LogP contribution >= 0.6 is 11.3 Å². The third-order valence-electron chi connectivity index (χ3n) is 5.09. The molecule has 1 aliphatic carbocycles. The van der Waals surface area contributed by atoms with E-state index in [0.717, 1.165) is 37.0 Å². The molecule has 0 saturated heterocycles. The fourth-order valence-electron chi connectivity index (χ4n) is 3.36. The van der Waals surface area contributed by atoms with Gasteiger partial charge in [0.1, 0.15) is 4.21 Å². The molecule has 3 N–H and O–H groups in total. The van der Waals surface area contributed by atoms with Crippen molar-refractivity contribution in [2.75, 3.05) is 18.4 Å². The fourth-order valence-corrected chi connectivity index (χ4v) is 5.74. The number of anilines is 1. The van der Waals surface area contributed by atoms with Crippen molar-refractivity contribution in [3.05, 3.63) is 46.8 Å². The lowest BCUT2D eigenvalue weighted by Gasteiger charge is -2.11. The number of carbonyl (C=O) groups excluding carboxylic acids is 2. The minimum absolute atomic E-state index is 0.0359. The Kier molecular flexibility index (Phi) is 7.63. The number of carbonyl (C=O) groups is 2. The van der Waals surface area contributed by atoms with Gasteiger partial charge in [-0.05, 0) is 55.7 Å². The second-order valence-electron chi connectivity index (χ2n) is 7.28. The van der Waals surface area contributed by atoms with E-state index in [2.05, 4.69) is 15.4 Å². The first-order chi connectivity index (χ1) is 14.4. The van der Waals surface area contributed by atoms with E-state index < -0.39 is 10.0 Å². The van der Waals surface area contributed by atoms with E-state index in [0.29, 0.717) is 11.3 Å². The van der Waals surface area contributed by atoms with Crippen LogP contribution in [0.15, 0.2) is 40.6 Å². The Labute approximate surface area is 181 Å². The number of aryl methyl sites for hydroxylation is 1. The molecule has 7 nitrogen and oxygen atoms in total. The molecule has 1 saturated carbocycles. The zero-order valence-corrected chi connectivity index (χ0v) is 18.6. The first-order valence-corrected chi connectivity index (χ1v) is 12.5. The van der Waals surface area contributed by atoms with E-state index in [1.165, 1.54) is 11.3 Å². The fraction of sp³-hybridized carbons (Fsp3) is 0.429. The van der Waals surface area contributed by atoms with Crippen molar-refractivity contribution in [1.29, 1.82) is 0 Å². The van der Waals surface area contributed by atoms with E-state index in [1.807, 2.05) is 6.92 Å². The Balaban J connectivity index is 1.43. The predicted octanol–water partition coefficient (Wildman–Crippen LogP) is 3.15. The highest BCUT2D eigenvalue weighted by molar-refractivity contribution is 7.91. The average molecular weight is 450 g/mol. The highest BCUT2D eigenvalue weighted by Gasteiger charge is 2.22. The first-order valence-electron chi connectivity index (χ1n) is 10.2. The number of sulfonamides is 1. The summed E-state index contributed by atoms with van der Waals surface area (Å²) in [5.41, 5.74) is 1.11. The Hall–Kier alpha value is -2.23. The summed E-state index contributed by atoms with van der Waals surface area (Å²) in [5, 5.41) is 5.59. The number of thiophene rings is 1. The van der Waals surface area contributed by atoms with Crippen molar-refractivity contribution in [2.24, 2.45) is 5.92 Å². The summed E-state index contributed by atoms with van der Waals surface area (Å²) in [7, 11) is -3.56. The summed E-state index contributed by atoms with van der Waals surface area (Å²) in [4.78, 5) is 25.4. The van der Waals surface area contributed by atoms with Gasteiger partial charge < -0.3 is 10.6 Å². The minimum Gasteiger partial charge on any atom is -0.351 e. The number of nitrogens with one attached hydrogen (secondary N) is 3. The molecule has 2 aromatic rings. The molecule has 1 aromatic heterocycles. The normalized spacial score (nSPS) is 14.6. The van der Waals surface area contributed by atoms with Crippen molar-refractivity contribution in [1.82, 2.24) is 10.0 Å². The highest BCUT2D eigenvalue weighted by Crippen LogP contribution is 2.26. The van der Waals surface area contributed by atoms with Crippen molar-refractivity contribution < 1.29 is 18.0 Å². The monoisotopic (exact) mass is 449 g/mol. The third-order valence-corrected chi connectivity index (χ3v) is 8.28. The van der Waals surface area contributed by atoms with Crippen LogP contribution in [-0.4, -0.2) is 33.3 Å². The maximum atomic E-state index is 12.3. The van der Waals surface area contributed by atoms with Gasteiger partial charge in [0.05, 0.1) is 0 Å². The van der Waals surface area contributed by atoms with Crippen LogP contribution in [0.3, 0.4) is 0 Å². The molecular formula is C21H27N3O4S2. The third kappa shape index (κ3) is 5.90. The molecule has 3 rings (SSSR count). The van der Waals surface area contributed by atoms with Crippen LogP contribution in [0.25, 0.3) is 0 Å². The Morgan fingerprint density at radius 1 is 1.03 bits per heavy atom. The molecule has 2 amide bonds. The summed E-state index contributed by atoms with van der Waals surface area (Å²) < 4.78 is 27.3. The van der Waals surface area contributed by atoms with Gasteiger partial charge in [-0.2, -0.15) is 0 Å². The Bertz CT molecular complexity index is 978. The smallest absolute Gasteiger partial charge is 0.251 e. The van der Waals surface area contributed by atoms with Gasteiger partial charge in [-0.3, -0.25) is 9.59 Å². The summed E-state index contributed by atoms with van der Waals surface area (Å²) in [6.07, 6.45) is 4.85. The van der Waals surface area contributed by atoms with Gasteiger partial charge in [0.15, 0.2) is 0 Å². The second-order valence-corrected chi connectivity index (χ2v) is 10.4. The molecule has 0 spiro atoms. The quantitative estimate of drug-likeness (QED) is 0.512. The Morgan fingerprint density at radius 3 is 2.37 bits per heavy atom. The molecule has 0 aliphatic heterocycles. The van der Waals surface area contributed by atoms with Crippen LogP contribution in [0, 0.1) is 5.92 Å². The van der Waals surface area contributed by atoms with Gasteiger partial charge in [-0.25, -0.2) is 13.1 Å². The lowest BCUT2D eigenvalue weighted by molar-refractivity contribution is -0.119. The maximum absolute atomic E-state index is 12.3. The predicted molar refractivity (Wildman–Crippen MR) is 118 cm³/mol. The summed E-state index contributed by atoms with van der Waals surface area (Å²) in [6, 6.07) is 10.1.